The van der Waals surface area contributed by atoms with Gasteiger partial charge in [-0.1, -0.05) is 17.7 Å². The Morgan fingerprint density at radius 3 is 2.85 bits per heavy atom. The highest BCUT2D eigenvalue weighted by Crippen LogP contribution is 2.27. The van der Waals surface area contributed by atoms with Crippen LogP contribution in [0.1, 0.15) is 6.92 Å². The Balaban J connectivity index is 3.14. The van der Waals surface area contributed by atoms with E-state index in [-0.39, 0.29) is 16.5 Å². The molecule has 1 aromatic carbocycles. The zero-order valence-corrected chi connectivity index (χ0v) is 7.64. The molecule has 0 fully saturated rings. The number of amidine groups is 1. The van der Waals surface area contributed by atoms with Crippen LogP contribution >= 0.6 is 11.6 Å². The van der Waals surface area contributed by atoms with Gasteiger partial charge in [-0.15, -0.1) is 0 Å². The predicted molar refractivity (Wildman–Crippen MR) is 49.1 cm³/mol. The van der Waals surface area contributed by atoms with E-state index in [1.165, 1.54) is 25.1 Å². The van der Waals surface area contributed by atoms with E-state index in [1.807, 2.05) is 0 Å². The quantitative estimate of drug-likeness (QED) is 0.418. The third-order valence-corrected chi connectivity index (χ3v) is 1.68. The number of para-hydroxylation sites is 1. The van der Waals surface area contributed by atoms with Crippen molar-refractivity contribution in [3.8, 4) is 0 Å². The van der Waals surface area contributed by atoms with Crippen molar-refractivity contribution in [3.63, 3.8) is 0 Å². The number of nitrogens with zero attached hydrogens (tertiary/aromatic N) is 1. The minimum absolute atomic E-state index is 0.0169. The molecule has 5 heteroatoms. The van der Waals surface area contributed by atoms with Crippen molar-refractivity contribution in [2.75, 3.05) is 0 Å². The molecule has 0 heterocycles. The van der Waals surface area contributed by atoms with Crippen LogP contribution in [-0.4, -0.2) is 11.0 Å². The summed E-state index contributed by atoms with van der Waals surface area (Å²) in [6.07, 6.45) is 0. The first-order valence-electron chi connectivity index (χ1n) is 3.54. The van der Waals surface area contributed by atoms with Gasteiger partial charge in [-0.25, -0.2) is 9.38 Å². The Kier molecular flexibility index (Phi) is 3.22. The molecule has 0 spiro atoms. The second-order valence-electron chi connectivity index (χ2n) is 2.38. The largest absolute Gasteiger partial charge is 0.290 e. The molecule has 0 atom stereocenters. The molecule has 70 valence electrons. The molecule has 1 aromatic rings. The molecular formula is C8H8ClFN2O. The summed E-state index contributed by atoms with van der Waals surface area (Å²) in [5, 5.41) is 8.63. The molecule has 0 aromatic heterocycles. The monoisotopic (exact) mass is 202 g/mol. The molecule has 0 radical (unpaired) electrons. The van der Waals surface area contributed by atoms with Gasteiger partial charge in [0.2, 0.25) is 0 Å². The highest BCUT2D eigenvalue weighted by molar-refractivity contribution is 6.33. The van der Waals surface area contributed by atoms with Crippen LogP contribution in [0.2, 0.25) is 5.02 Å². The lowest BCUT2D eigenvalue weighted by atomic mass is 10.3. The Bertz CT molecular complexity index is 321. The fourth-order valence-corrected chi connectivity index (χ4v) is 0.994. The molecule has 3 nitrogen and oxygen atoms in total. The van der Waals surface area contributed by atoms with Crippen molar-refractivity contribution >= 4 is 23.1 Å². The number of hydrogen-bond donors (Lipinski definition) is 2. The van der Waals surface area contributed by atoms with E-state index in [0.717, 1.165) is 0 Å². The van der Waals surface area contributed by atoms with Gasteiger partial charge < -0.3 is 0 Å². The Hall–Kier alpha value is -1.13. The van der Waals surface area contributed by atoms with E-state index in [9.17, 15) is 4.39 Å². The van der Waals surface area contributed by atoms with Crippen LogP contribution in [0.15, 0.2) is 23.2 Å². The van der Waals surface area contributed by atoms with Crippen molar-refractivity contribution in [1.82, 2.24) is 5.48 Å². The third-order valence-electron chi connectivity index (χ3n) is 1.38. The Morgan fingerprint density at radius 2 is 2.31 bits per heavy atom. The fraction of sp³-hybridized carbons (Fsp3) is 0.125. The zero-order valence-electron chi connectivity index (χ0n) is 6.88. The normalized spacial score (nSPS) is 11.5. The molecular weight excluding hydrogens is 195 g/mol. The highest BCUT2D eigenvalue weighted by atomic mass is 35.5. The molecule has 1 rings (SSSR count). The molecule has 0 aliphatic carbocycles. The molecule has 0 amide bonds. The molecule has 0 saturated carbocycles. The van der Waals surface area contributed by atoms with Crippen molar-refractivity contribution in [2.24, 2.45) is 4.99 Å². The highest BCUT2D eigenvalue weighted by Gasteiger charge is 2.04. The molecule has 2 N–H and O–H groups in total. The molecule has 0 aliphatic heterocycles. The van der Waals surface area contributed by atoms with Crippen LogP contribution in [0.5, 0.6) is 0 Å². The Labute approximate surface area is 79.8 Å². The van der Waals surface area contributed by atoms with Gasteiger partial charge in [0.15, 0.2) is 0 Å². The van der Waals surface area contributed by atoms with Crippen molar-refractivity contribution in [1.29, 1.82) is 0 Å². The van der Waals surface area contributed by atoms with E-state index in [0.29, 0.717) is 0 Å². The van der Waals surface area contributed by atoms with Crippen LogP contribution in [-0.2, 0) is 0 Å². The van der Waals surface area contributed by atoms with Crippen LogP contribution in [0, 0.1) is 5.82 Å². The molecule has 0 bridgehead atoms. The van der Waals surface area contributed by atoms with Crippen molar-refractivity contribution in [2.45, 2.75) is 6.92 Å². The number of rotatable bonds is 1. The first-order chi connectivity index (χ1) is 6.15. The summed E-state index contributed by atoms with van der Waals surface area (Å²) >= 11 is 5.67. The van der Waals surface area contributed by atoms with E-state index >= 15 is 0 Å². The molecule has 13 heavy (non-hydrogen) atoms. The van der Waals surface area contributed by atoms with Gasteiger partial charge in [0.25, 0.3) is 0 Å². The lowest BCUT2D eigenvalue weighted by Crippen LogP contribution is -2.14. The summed E-state index contributed by atoms with van der Waals surface area (Å²) in [5.41, 5.74) is 1.81. The first-order valence-corrected chi connectivity index (χ1v) is 3.92. The summed E-state index contributed by atoms with van der Waals surface area (Å²) < 4.78 is 13.0. The number of hydrogen-bond acceptors (Lipinski definition) is 2. The maximum absolute atomic E-state index is 13.0. The SMILES string of the molecule is CC(=Nc1c(F)cccc1Cl)NO. The van der Waals surface area contributed by atoms with Crippen molar-refractivity contribution in [3.05, 3.63) is 29.0 Å². The number of nitrogens with one attached hydrogen (secondary N) is 1. The number of hydroxylamine groups is 1. The molecule has 0 aliphatic rings. The van der Waals surface area contributed by atoms with E-state index in [4.69, 9.17) is 16.8 Å². The summed E-state index contributed by atoms with van der Waals surface area (Å²) in [4.78, 5) is 3.73. The van der Waals surface area contributed by atoms with Gasteiger partial charge in [0.1, 0.15) is 17.3 Å². The average Bonchev–Trinajstić information content (AvgIpc) is 2.11. The minimum Gasteiger partial charge on any atom is -0.290 e. The number of halogens is 2. The summed E-state index contributed by atoms with van der Waals surface area (Å²) in [7, 11) is 0. The summed E-state index contributed by atoms with van der Waals surface area (Å²) in [6.45, 7) is 1.49. The smallest absolute Gasteiger partial charge is 0.150 e. The van der Waals surface area contributed by atoms with Crippen LogP contribution in [0.4, 0.5) is 10.1 Å². The maximum Gasteiger partial charge on any atom is 0.150 e. The van der Waals surface area contributed by atoms with Gasteiger partial charge in [-0.3, -0.25) is 10.7 Å². The zero-order chi connectivity index (χ0) is 9.84. The Morgan fingerprint density at radius 1 is 1.62 bits per heavy atom. The topological polar surface area (TPSA) is 44.6 Å². The summed E-state index contributed by atoms with van der Waals surface area (Å²) in [6, 6.07) is 4.25. The number of benzene rings is 1. The lowest BCUT2D eigenvalue weighted by Gasteiger charge is -2.01. The van der Waals surface area contributed by atoms with Gasteiger partial charge in [0.05, 0.1) is 5.02 Å². The van der Waals surface area contributed by atoms with Gasteiger partial charge in [0, 0.05) is 0 Å². The van der Waals surface area contributed by atoms with Crippen LogP contribution < -0.4 is 5.48 Å². The third kappa shape index (κ3) is 2.40. The van der Waals surface area contributed by atoms with Gasteiger partial charge in [-0.2, -0.15) is 0 Å². The maximum atomic E-state index is 13.0. The van der Waals surface area contributed by atoms with Crippen LogP contribution in [0.25, 0.3) is 0 Å². The van der Waals surface area contributed by atoms with E-state index in [1.54, 1.807) is 5.48 Å². The second kappa shape index (κ2) is 4.20. The van der Waals surface area contributed by atoms with Crippen LogP contribution in [0.3, 0.4) is 0 Å². The van der Waals surface area contributed by atoms with Gasteiger partial charge in [-0.05, 0) is 19.1 Å². The summed E-state index contributed by atoms with van der Waals surface area (Å²) in [5.74, 6) is -0.353. The van der Waals surface area contributed by atoms with Crippen molar-refractivity contribution < 1.29 is 9.60 Å². The van der Waals surface area contributed by atoms with E-state index < -0.39 is 5.82 Å². The molecule has 0 unspecified atom stereocenters. The lowest BCUT2D eigenvalue weighted by molar-refractivity contribution is 0.234. The van der Waals surface area contributed by atoms with E-state index in [2.05, 4.69) is 4.99 Å². The molecule has 0 saturated heterocycles. The predicted octanol–water partition coefficient (Wildman–Crippen LogP) is 2.51. The fourth-order valence-electron chi connectivity index (χ4n) is 0.789. The van der Waals surface area contributed by atoms with Gasteiger partial charge >= 0.3 is 0 Å². The number of aliphatic imine (C=N–C) groups is 1. The standard InChI is InChI=1S/C8H8ClFN2O/c1-5(12-13)11-8-6(9)3-2-4-7(8)10/h2-4,13H,1H3,(H,11,12). The minimum atomic E-state index is -0.526. The average molecular weight is 203 g/mol. The first kappa shape index (κ1) is 9.95. The second-order valence-corrected chi connectivity index (χ2v) is 2.79.